The van der Waals surface area contributed by atoms with E-state index in [1.54, 1.807) is 32.4 Å². The fourth-order valence-electron chi connectivity index (χ4n) is 4.23. The summed E-state index contributed by atoms with van der Waals surface area (Å²) in [5, 5.41) is 7.36. The number of esters is 1. The van der Waals surface area contributed by atoms with Gasteiger partial charge in [-0.05, 0) is 29.7 Å². The van der Waals surface area contributed by atoms with Gasteiger partial charge in [-0.2, -0.15) is 5.10 Å². The molecule has 1 heterocycles. The Morgan fingerprint density at radius 1 is 0.846 bits per heavy atom. The summed E-state index contributed by atoms with van der Waals surface area (Å²) < 4.78 is 16.6. The van der Waals surface area contributed by atoms with E-state index < -0.39 is 17.4 Å². The van der Waals surface area contributed by atoms with Crippen molar-refractivity contribution in [3.63, 3.8) is 0 Å². The van der Waals surface area contributed by atoms with Crippen LogP contribution in [0.25, 0.3) is 22.4 Å². The molecule has 4 aromatic rings. The fourth-order valence-corrected chi connectivity index (χ4v) is 4.23. The Balaban J connectivity index is 1.65. The molecule has 0 atom stereocenters. The first kappa shape index (κ1) is 27.1. The van der Waals surface area contributed by atoms with Crippen LogP contribution in [0.4, 0.5) is 0 Å². The van der Waals surface area contributed by atoms with Gasteiger partial charge in [0, 0.05) is 17.7 Å². The van der Waals surface area contributed by atoms with E-state index in [9.17, 15) is 14.4 Å². The molecule has 0 aliphatic carbocycles. The molecule has 0 radical (unpaired) electrons. The molecule has 4 rings (SSSR count). The summed E-state index contributed by atoms with van der Waals surface area (Å²) in [6.07, 6.45) is 0.532. The Kier molecular flexibility index (Phi) is 8.73. The van der Waals surface area contributed by atoms with Crippen molar-refractivity contribution in [1.29, 1.82) is 0 Å². The Morgan fingerprint density at radius 3 is 2.10 bits per heavy atom. The minimum Gasteiger partial charge on any atom is -0.493 e. The van der Waals surface area contributed by atoms with Crippen molar-refractivity contribution in [2.75, 3.05) is 27.9 Å². The number of nitrogens with one attached hydrogen (secondary N) is 1. The second-order valence-corrected chi connectivity index (χ2v) is 8.57. The molecule has 1 amide bonds. The van der Waals surface area contributed by atoms with E-state index in [1.807, 2.05) is 60.7 Å². The molecule has 9 heteroatoms. The maximum absolute atomic E-state index is 13.5. The van der Waals surface area contributed by atoms with Crippen LogP contribution in [-0.2, 0) is 22.5 Å². The lowest BCUT2D eigenvalue weighted by molar-refractivity contribution is -0.121. The summed E-state index contributed by atoms with van der Waals surface area (Å²) in [7, 11) is 4.34. The zero-order chi connectivity index (χ0) is 27.8. The summed E-state index contributed by atoms with van der Waals surface area (Å²) in [5.74, 6) is -0.0157. The van der Waals surface area contributed by atoms with Gasteiger partial charge in [0.2, 0.25) is 5.91 Å². The third-order valence-electron chi connectivity index (χ3n) is 6.13. The maximum atomic E-state index is 13.5. The highest BCUT2D eigenvalue weighted by atomic mass is 16.5. The molecule has 1 N–H and O–H groups in total. The normalized spacial score (nSPS) is 10.5. The van der Waals surface area contributed by atoms with E-state index >= 15 is 0 Å². The van der Waals surface area contributed by atoms with Crippen molar-refractivity contribution in [3.05, 3.63) is 100 Å². The van der Waals surface area contributed by atoms with Crippen LogP contribution < -0.4 is 20.3 Å². The highest BCUT2D eigenvalue weighted by Gasteiger charge is 2.26. The minimum absolute atomic E-state index is 0.185. The average Bonchev–Trinajstić information content (AvgIpc) is 2.98. The highest BCUT2D eigenvalue weighted by molar-refractivity contribution is 6.00. The van der Waals surface area contributed by atoms with Crippen LogP contribution in [0, 0.1) is 0 Å². The molecule has 0 unspecified atom stereocenters. The van der Waals surface area contributed by atoms with Gasteiger partial charge < -0.3 is 19.5 Å². The molecule has 0 aliphatic rings. The number of aromatic nitrogens is 2. The molecule has 0 saturated carbocycles. The van der Waals surface area contributed by atoms with Crippen molar-refractivity contribution in [3.8, 4) is 33.9 Å². The minimum atomic E-state index is -0.805. The molecule has 9 nitrogen and oxygen atoms in total. The van der Waals surface area contributed by atoms with Gasteiger partial charge in [0.25, 0.3) is 5.56 Å². The number of benzene rings is 3. The maximum Gasteiger partial charge on any atom is 0.344 e. The lowest BCUT2D eigenvalue weighted by Gasteiger charge is -2.16. The first-order valence-electron chi connectivity index (χ1n) is 12.3. The van der Waals surface area contributed by atoms with E-state index in [0.29, 0.717) is 46.8 Å². The molecule has 1 aromatic heterocycles. The third kappa shape index (κ3) is 6.15. The molecule has 0 fully saturated rings. The predicted molar refractivity (Wildman–Crippen MR) is 147 cm³/mol. The number of carbonyl (C=O) groups is 2. The third-order valence-corrected chi connectivity index (χ3v) is 6.13. The monoisotopic (exact) mass is 527 g/mol. The number of hydrogen-bond acceptors (Lipinski definition) is 7. The molecule has 0 spiro atoms. The van der Waals surface area contributed by atoms with Gasteiger partial charge in [0.15, 0.2) is 11.5 Å². The van der Waals surface area contributed by atoms with Gasteiger partial charge >= 0.3 is 5.97 Å². The van der Waals surface area contributed by atoms with Crippen LogP contribution in [0.2, 0.25) is 0 Å². The van der Waals surface area contributed by atoms with Crippen molar-refractivity contribution in [2.24, 2.45) is 0 Å². The van der Waals surface area contributed by atoms with Gasteiger partial charge in [-0.1, -0.05) is 66.7 Å². The molecule has 0 aliphatic heterocycles. The van der Waals surface area contributed by atoms with Gasteiger partial charge in [-0.15, -0.1) is 0 Å². The van der Waals surface area contributed by atoms with E-state index in [4.69, 9.17) is 14.2 Å². The van der Waals surface area contributed by atoms with Crippen molar-refractivity contribution in [1.82, 2.24) is 15.1 Å². The number of hydrogen-bond donors (Lipinski definition) is 1. The molecule has 0 bridgehead atoms. The van der Waals surface area contributed by atoms with Crippen LogP contribution in [0.15, 0.2) is 83.7 Å². The first-order valence-corrected chi connectivity index (χ1v) is 12.3. The summed E-state index contributed by atoms with van der Waals surface area (Å²) in [6.45, 7) is -0.0514. The molecular weight excluding hydrogens is 498 g/mol. The number of ether oxygens (including phenoxy) is 3. The van der Waals surface area contributed by atoms with Crippen molar-refractivity contribution < 1.29 is 23.8 Å². The van der Waals surface area contributed by atoms with Crippen LogP contribution in [0.1, 0.15) is 15.9 Å². The lowest BCUT2D eigenvalue weighted by atomic mass is 9.95. The van der Waals surface area contributed by atoms with Crippen LogP contribution in [0.5, 0.6) is 11.5 Å². The highest BCUT2D eigenvalue weighted by Crippen LogP contribution is 2.32. The molecule has 0 saturated heterocycles. The summed E-state index contributed by atoms with van der Waals surface area (Å²) in [4.78, 5) is 39.3. The molecule has 200 valence electrons. The topological polar surface area (TPSA) is 109 Å². The largest absolute Gasteiger partial charge is 0.493 e. The Morgan fingerprint density at radius 2 is 1.49 bits per heavy atom. The summed E-state index contributed by atoms with van der Waals surface area (Å²) in [6, 6.07) is 23.7. The standard InChI is InChI=1S/C30H29N3O6/c1-37-23-15-14-20(18-24(23)38-2)16-17-31-25(34)19-33-29(35)27(30(36)39-3)26(21-10-6-4-7-11-21)28(32-33)22-12-8-5-9-13-22/h4-15,18H,16-17,19H2,1-3H3,(H,31,34). The van der Waals surface area contributed by atoms with Crippen LogP contribution in [-0.4, -0.2) is 49.5 Å². The smallest absolute Gasteiger partial charge is 0.344 e. The van der Waals surface area contributed by atoms with Crippen molar-refractivity contribution >= 4 is 11.9 Å². The molecular formula is C30H29N3O6. The Hall–Kier alpha value is -4.92. The average molecular weight is 528 g/mol. The number of methoxy groups -OCH3 is 3. The molecule has 39 heavy (non-hydrogen) atoms. The zero-order valence-electron chi connectivity index (χ0n) is 22.0. The van der Waals surface area contributed by atoms with E-state index in [2.05, 4.69) is 10.4 Å². The Labute approximate surface area is 226 Å². The second kappa shape index (κ2) is 12.6. The predicted octanol–water partition coefficient (Wildman–Crippen LogP) is 3.74. The lowest BCUT2D eigenvalue weighted by Crippen LogP contribution is -2.37. The van der Waals surface area contributed by atoms with Gasteiger partial charge in [-0.25, -0.2) is 9.48 Å². The van der Waals surface area contributed by atoms with Gasteiger partial charge in [0.1, 0.15) is 12.1 Å². The van der Waals surface area contributed by atoms with Gasteiger partial charge in [0.05, 0.1) is 27.0 Å². The van der Waals surface area contributed by atoms with Crippen LogP contribution >= 0.6 is 0 Å². The first-order chi connectivity index (χ1) is 19.0. The number of amides is 1. The SMILES string of the molecule is COC(=O)c1c(-c2ccccc2)c(-c2ccccc2)nn(CC(=O)NCCc2ccc(OC)c(OC)c2)c1=O. The summed E-state index contributed by atoms with van der Waals surface area (Å²) >= 11 is 0. The number of carbonyl (C=O) groups excluding carboxylic acids is 2. The quantitative estimate of drug-likeness (QED) is 0.313. The Bertz CT molecular complexity index is 1520. The second-order valence-electron chi connectivity index (χ2n) is 8.57. The van der Waals surface area contributed by atoms with E-state index in [-0.39, 0.29) is 12.1 Å². The van der Waals surface area contributed by atoms with Crippen LogP contribution in [0.3, 0.4) is 0 Å². The summed E-state index contributed by atoms with van der Waals surface area (Å²) in [5.41, 5.74) is 2.10. The molecule has 3 aromatic carbocycles. The fraction of sp³-hybridized carbons (Fsp3) is 0.200. The van der Waals surface area contributed by atoms with Crippen molar-refractivity contribution in [2.45, 2.75) is 13.0 Å². The zero-order valence-corrected chi connectivity index (χ0v) is 22.0. The van der Waals surface area contributed by atoms with Gasteiger partial charge in [-0.3, -0.25) is 9.59 Å². The van der Waals surface area contributed by atoms with E-state index in [0.717, 1.165) is 10.2 Å². The number of rotatable bonds is 10. The number of nitrogens with zero attached hydrogens (tertiary/aromatic N) is 2. The van der Waals surface area contributed by atoms with E-state index in [1.165, 1.54) is 7.11 Å².